The minimum absolute atomic E-state index is 0.118. The predicted molar refractivity (Wildman–Crippen MR) is 58.6 cm³/mol. The molecule has 0 atom stereocenters. The van der Waals surface area contributed by atoms with Crippen molar-refractivity contribution in [3.8, 4) is 0 Å². The van der Waals surface area contributed by atoms with Gasteiger partial charge in [-0.1, -0.05) is 20.8 Å². The molecule has 0 radical (unpaired) electrons. The molecule has 0 aromatic heterocycles. The normalized spacial score (nSPS) is 11.4. The Hall–Kier alpha value is -0.0231. The zero-order valence-corrected chi connectivity index (χ0v) is 10.5. The summed E-state index contributed by atoms with van der Waals surface area (Å²) in [5, 5.41) is 0. The lowest BCUT2D eigenvalue weighted by Crippen LogP contribution is -2.38. The average Bonchev–Trinajstić information content (AvgIpc) is 2.15. The molecule has 0 bridgehead atoms. The third-order valence-electron chi connectivity index (χ3n) is 2.56. The molecule has 4 heteroatoms. The van der Waals surface area contributed by atoms with Crippen LogP contribution < -0.4 is 0 Å². The van der Waals surface area contributed by atoms with E-state index in [1.807, 2.05) is 0 Å². The van der Waals surface area contributed by atoms with Crippen molar-refractivity contribution in [2.45, 2.75) is 45.3 Å². The summed E-state index contributed by atoms with van der Waals surface area (Å²) in [5.74, 6) is 0.243. The van der Waals surface area contributed by atoms with Crippen LogP contribution in [-0.2, 0) is 9.22 Å². The first-order valence-electron chi connectivity index (χ1n) is 4.92. The van der Waals surface area contributed by atoms with Crippen molar-refractivity contribution in [3.05, 3.63) is 0 Å². The van der Waals surface area contributed by atoms with Crippen molar-refractivity contribution < 1.29 is 9.22 Å². The first kappa shape index (κ1) is 13.0. The largest absolute Gasteiger partial charge is 0.519 e. The molecule has 0 aliphatic heterocycles. The molecule has 0 heterocycles. The fraction of sp³-hybridized carbons (Fsp3) is 0.889. The third-order valence-corrected chi connectivity index (χ3v) is 7.28. The number of rotatable bonds is 6. The zero-order chi connectivity index (χ0) is 10.3. The number of carbonyl (C=O) groups is 1. The van der Waals surface area contributed by atoms with Crippen molar-refractivity contribution in [3.63, 3.8) is 0 Å². The molecule has 0 aliphatic carbocycles. The van der Waals surface area contributed by atoms with Gasteiger partial charge in [0.15, 0.2) is 0 Å². The Morgan fingerprint density at radius 2 is 1.69 bits per heavy atom. The molecule has 0 saturated carbocycles. The second-order valence-corrected chi connectivity index (χ2v) is 8.23. The fourth-order valence-electron chi connectivity index (χ4n) is 1.34. The smallest absolute Gasteiger partial charge is 0.293 e. The highest BCUT2D eigenvalue weighted by atomic mass is 35.5. The van der Waals surface area contributed by atoms with Crippen LogP contribution in [0.2, 0.25) is 18.1 Å². The maximum atomic E-state index is 11.3. The Balaban J connectivity index is 4.16. The van der Waals surface area contributed by atoms with E-state index in [1.165, 1.54) is 0 Å². The lowest BCUT2D eigenvalue weighted by molar-refractivity contribution is -0.134. The Morgan fingerprint density at radius 3 is 2.00 bits per heavy atom. The van der Waals surface area contributed by atoms with E-state index in [0.29, 0.717) is 12.3 Å². The quantitative estimate of drug-likeness (QED) is 0.510. The van der Waals surface area contributed by atoms with Gasteiger partial charge in [-0.2, -0.15) is 0 Å². The van der Waals surface area contributed by atoms with Crippen LogP contribution in [-0.4, -0.2) is 20.2 Å². The van der Waals surface area contributed by atoms with E-state index in [0.717, 1.165) is 18.1 Å². The molecule has 0 aromatic carbocycles. The highest BCUT2D eigenvalue weighted by Gasteiger charge is 2.32. The number of hydrogen-bond donors (Lipinski definition) is 0. The minimum atomic E-state index is -1.73. The topological polar surface area (TPSA) is 26.3 Å². The van der Waals surface area contributed by atoms with Crippen molar-refractivity contribution in [2.24, 2.45) is 0 Å². The Morgan fingerprint density at radius 1 is 1.23 bits per heavy atom. The highest BCUT2D eigenvalue weighted by molar-refractivity contribution is 6.74. The van der Waals surface area contributed by atoms with Crippen LogP contribution in [0.15, 0.2) is 0 Å². The molecule has 0 aliphatic rings. The van der Waals surface area contributed by atoms with Gasteiger partial charge in [0, 0.05) is 5.88 Å². The second-order valence-electron chi connectivity index (χ2n) is 3.16. The molecule has 0 saturated heterocycles. The van der Waals surface area contributed by atoms with E-state index < -0.39 is 8.32 Å². The summed E-state index contributed by atoms with van der Waals surface area (Å²) >= 11 is 5.47. The van der Waals surface area contributed by atoms with Crippen molar-refractivity contribution in [1.82, 2.24) is 0 Å². The van der Waals surface area contributed by atoms with E-state index >= 15 is 0 Å². The number of halogens is 1. The van der Waals surface area contributed by atoms with Gasteiger partial charge < -0.3 is 4.43 Å². The molecule has 78 valence electrons. The number of alkyl halides is 1. The molecule has 0 fully saturated rings. The van der Waals surface area contributed by atoms with Gasteiger partial charge in [0.05, 0.1) is 6.42 Å². The lowest BCUT2D eigenvalue weighted by atomic mass is 10.5. The standard InChI is InChI=1S/C9H19ClO2Si/c1-4-13(5-2,6-3)12-9(11)7-8-10/h4-8H2,1-3H3. The van der Waals surface area contributed by atoms with Crippen LogP contribution in [0, 0.1) is 0 Å². The van der Waals surface area contributed by atoms with Gasteiger partial charge in [0.2, 0.25) is 0 Å². The SMILES string of the molecule is CC[Si](CC)(CC)OC(=O)CCCl. The molecule has 2 nitrogen and oxygen atoms in total. The van der Waals surface area contributed by atoms with E-state index in [9.17, 15) is 4.79 Å². The van der Waals surface area contributed by atoms with Crippen molar-refractivity contribution >= 4 is 25.9 Å². The predicted octanol–water partition coefficient (Wildman–Crippen LogP) is 3.16. The zero-order valence-electron chi connectivity index (χ0n) is 8.73. The molecule has 0 aromatic rings. The second kappa shape index (κ2) is 6.43. The van der Waals surface area contributed by atoms with E-state index in [-0.39, 0.29) is 5.97 Å². The first-order valence-corrected chi connectivity index (χ1v) is 7.98. The van der Waals surface area contributed by atoms with Gasteiger partial charge in [-0.05, 0) is 18.1 Å². The van der Waals surface area contributed by atoms with E-state index in [2.05, 4.69) is 20.8 Å². The average molecular weight is 223 g/mol. The van der Waals surface area contributed by atoms with E-state index in [1.54, 1.807) is 0 Å². The van der Waals surface area contributed by atoms with Crippen LogP contribution in [0.3, 0.4) is 0 Å². The minimum Gasteiger partial charge on any atom is -0.519 e. The van der Waals surface area contributed by atoms with E-state index in [4.69, 9.17) is 16.0 Å². The van der Waals surface area contributed by atoms with Crippen LogP contribution in [0.4, 0.5) is 0 Å². The molecule has 0 N–H and O–H groups in total. The molecular formula is C9H19ClO2Si. The monoisotopic (exact) mass is 222 g/mol. The molecule has 13 heavy (non-hydrogen) atoms. The number of carbonyl (C=O) groups excluding carboxylic acids is 1. The summed E-state index contributed by atoms with van der Waals surface area (Å²) in [4.78, 5) is 11.3. The summed E-state index contributed by atoms with van der Waals surface area (Å²) in [6, 6.07) is 3.02. The van der Waals surface area contributed by atoms with Crippen LogP contribution in [0.5, 0.6) is 0 Å². The lowest BCUT2D eigenvalue weighted by Gasteiger charge is -2.27. The van der Waals surface area contributed by atoms with Gasteiger partial charge in [0.25, 0.3) is 14.3 Å². The Bertz CT molecular complexity index is 149. The molecule has 0 amide bonds. The van der Waals surface area contributed by atoms with Gasteiger partial charge >= 0.3 is 0 Å². The first-order chi connectivity index (χ1) is 6.14. The summed E-state index contributed by atoms with van der Waals surface area (Å²) in [7, 11) is -1.73. The van der Waals surface area contributed by atoms with Gasteiger partial charge in [0.1, 0.15) is 0 Å². The maximum Gasteiger partial charge on any atom is 0.293 e. The van der Waals surface area contributed by atoms with Crippen molar-refractivity contribution in [1.29, 1.82) is 0 Å². The summed E-state index contributed by atoms with van der Waals surface area (Å²) in [5.41, 5.74) is 0. The summed E-state index contributed by atoms with van der Waals surface area (Å²) in [6.45, 7) is 6.31. The van der Waals surface area contributed by atoms with Gasteiger partial charge in [-0.3, -0.25) is 4.79 Å². The number of hydrogen-bond acceptors (Lipinski definition) is 2. The molecule has 0 rings (SSSR count). The molecular weight excluding hydrogens is 204 g/mol. The van der Waals surface area contributed by atoms with Crippen LogP contribution >= 0.6 is 11.6 Å². The molecule has 0 spiro atoms. The summed E-state index contributed by atoms with van der Waals surface area (Å²) in [6.07, 6.45) is 0.344. The van der Waals surface area contributed by atoms with Crippen LogP contribution in [0.25, 0.3) is 0 Å². The Kier molecular flexibility index (Phi) is 6.42. The van der Waals surface area contributed by atoms with Crippen LogP contribution in [0.1, 0.15) is 27.2 Å². The van der Waals surface area contributed by atoms with Gasteiger partial charge in [-0.25, -0.2) is 0 Å². The highest BCUT2D eigenvalue weighted by Crippen LogP contribution is 2.22. The third kappa shape index (κ3) is 4.14. The fourth-order valence-corrected chi connectivity index (χ4v) is 4.01. The van der Waals surface area contributed by atoms with Crippen molar-refractivity contribution in [2.75, 3.05) is 5.88 Å². The molecule has 0 unspecified atom stereocenters. The maximum absolute atomic E-state index is 11.3. The van der Waals surface area contributed by atoms with Gasteiger partial charge in [-0.15, -0.1) is 11.6 Å². The summed E-state index contributed by atoms with van der Waals surface area (Å²) < 4.78 is 5.54. The Labute approximate surface area is 86.7 Å².